The highest BCUT2D eigenvalue weighted by Gasteiger charge is 2.26. The number of benzene rings is 1. The molecule has 146 valence electrons. The first-order valence-electron chi connectivity index (χ1n) is 8.78. The number of nitrogens with zero attached hydrogens (tertiary/aromatic N) is 4. The minimum absolute atomic E-state index is 0.235. The maximum absolute atomic E-state index is 12.6. The number of sulfonamides is 1. The average Bonchev–Trinajstić information content (AvgIpc) is 3.21. The third-order valence-corrected chi connectivity index (χ3v) is 6.40. The van der Waals surface area contributed by atoms with Gasteiger partial charge < -0.3 is 10.1 Å². The third kappa shape index (κ3) is 3.75. The van der Waals surface area contributed by atoms with Crippen LogP contribution >= 0.6 is 0 Å². The zero-order valence-electron chi connectivity index (χ0n) is 15.0. The lowest BCUT2D eigenvalue weighted by atomic mass is 10.2. The van der Waals surface area contributed by atoms with Crippen molar-refractivity contribution in [3.05, 3.63) is 60.2 Å². The molecule has 3 aromatic rings. The Morgan fingerprint density at radius 3 is 2.64 bits per heavy atom. The van der Waals surface area contributed by atoms with Crippen molar-refractivity contribution in [1.29, 1.82) is 0 Å². The average molecular weight is 401 g/mol. The Balaban J connectivity index is 1.40. The van der Waals surface area contributed by atoms with Crippen molar-refractivity contribution in [1.82, 2.24) is 24.0 Å². The fourth-order valence-electron chi connectivity index (χ4n) is 2.93. The van der Waals surface area contributed by atoms with Crippen LogP contribution in [-0.2, 0) is 21.3 Å². The monoisotopic (exact) mass is 401 g/mol. The molecule has 1 saturated heterocycles. The fraction of sp³-hybridized carbons (Fsp3) is 0.278. The van der Waals surface area contributed by atoms with Gasteiger partial charge in [-0.2, -0.15) is 4.31 Å². The van der Waals surface area contributed by atoms with Gasteiger partial charge in [0.1, 0.15) is 0 Å². The summed E-state index contributed by atoms with van der Waals surface area (Å²) in [5.41, 5.74) is 1.21. The Morgan fingerprint density at radius 2 is 1.89 bits per heavy atom. The molecule has 1 N–H and O–H groups in total. The van der Waals surface area contributed by atoms with Gasteiger partial charge in [-0.1, -0.05) is 12.1 Å². The van der Waals surface area contributed by atoms with E-state index in [0.717, 1.165) is 5.56 Å². The van der Waals surface area contributed by atoms with Crippen molar-refractivity contribution in [2.75, 3.05) is 26.3 Å². The Labute approximate surface area is 162 Å². The van der Waals surface area contributed by atoms with Crippen LogP contribution in [0.3, 0.4) is 0 Å². The summed E-state index contributed by atoms with van der Waals surface area (Å²) in [7, 11) is -3.52. The molecule has 0 aliphatic carbocycles. The van der Waals surface area contributed by atoms with E-state index in [1.54, 1.807) is 47.3 Å². The predicted molar refractivity (Wildman–Crippen MR) is 100 cm³/mol. The van der Waals surface area contributed by atoms with Gasteiger partial charge in [0, 0.05) is 44.4 Å². The minimum atomic E-state index is -3.52. The number of imidazole rings is 1. The molecule has 2 aromatic heterocycles. The highest BCUT2D eigenvalue weighted by molar-refractivity contribution is 7.89. The van der Waals surface area contributed by atoms with E-state index in [1.165, 1.54) is 10.5 Å². The molecule has 0 unspecified atom stereocenters. The molecule has 3 heterocycles. The minimum Gasteiger partial charge on any atom is -0.379 e. The fourth-order valence-corrected chi connectivity index (χ4v) is 4.34. The van der Waals surface area contributed by atoms with Crippen LogP contribution in [0.1, 0.15) is 15.9 Å². The summed E-state index contributed by atoms with van der Waals surface area (Å²) < 4.78 is 33.5. The number of hydrogen-bond acceptors (Lipinski definition) is 6. The van der Waals surface area contributed by atoms with Crippen molar-refractivity contribution >= 4 is 21.7 Å². The zero-order valence-corrected chi connectivity index (χ0v) is 15.8. The zero-order chi connectivity index (χ0) is 19.6. The number of ether oxygens (including phenoxy) is 1. The number of carbonyl (C=O) groups excluding carboxylic acids is 1. The van der Waals surface area contributed by atoms with Crippen molar-refractivity contribution in [2.45, 2.75) is 11.4 Å². The molecule has 0 radical (unpaired) electrons. The molecular weight excluding hydrogens is 382 g/mol. The molecule has 0 bridgehead atoms. The Kier molecular flexibility index (Phi) is 5.07. The first-order chi connectivity index (χ1) is 13.5. The van der Waals surface area contributed by atoms with Gasteiger partial charge in [-0.15, -0.1) is 0 Å². The SMILES string of the molecule is O=C(NCc1ccc(S(=O)(=O)N2CCOCC2)cc1)c1cnc2nccn2c1. The van der Waals surface area contributed by atoms with Crippen LogP contribution in [-0.4, -0.2) is 59.3 Å². The van der Waals surface area contributed by atoms with Gasteiger partial charge in [0.25, 0.3) is 5.91 Å². The van der Waals surface area contributed by atoms with Crippen molar-refractivity contribution in [3.8, 4) is 0 Å². The summed E-state index contributed by atoms with van der Waals surface area (Å²) in [4.78, 5) is 20.7. The van der Waals surface area contributed by atoms with E-state index >= 15 is 0 Å². The van der Waals surface area contributed by atoms with Crippen LogP contribution in [0.15, 0.2) is 53.9 Å². The second kappa shape index (κ2) is 7.66. The summed E-state index contributed by atoms with van der Waals surface area (Å²) >= 11 is 0. The van der Waals surface area contributed by atoms with Gasteiger partial charge in [-0.25, -0.2) is 18.4 Å². The maximum atomic E-state index is 12.6. The molecule has 0 spiro atoms. The predicted octanol–water partition coefficient (Wildman–Crippen LogP) is 0.680. The summed E-state index contributed by atoms with van der Waals surface area (Å²) in [5.74, 6) is 0.252. The highest BCUT2D eigenvalue weighted by Crippen LogP contribution is 2.17. The molecule has 9 nitrogen and oxygen atoms in total. The van der Waals surface area contributed by atoms with Crippen LogP contribution in [0.2, 0.25) is 0 Å². The molecule has 1 aromatic carbocycles. The number of morpholine rings is 1. The van der Waals surface area contributed by atoms with Crippen LogP contribution in [0.25, 0.3) is 5.78 Å². The number of aromatic nitrogens is 3. The molecule has 0 atom stereocenters. The smallest absolute Gasteiger partial charge is 0.254 e. The highest BCUT2D eigenvalue weighted by atomic mass is 32.2. The molecule has 28 heavy (non-hydrogen) atoms. The lowest BCUT2D eigenvalue weighted by Gasteiger charge is -2.26. The van der Waals surface area contributed by atoms with Crippen LogP contribution < -0.4 is 5.32 Å². The van der Waals surface area contributed by atoms with Crippen LogP contribution in [0, 0.1) is 0 Å². The molecular formula is C18H19N5O4S. The van der Waals surface area contributed by atoms with Gasteiger partial charge in [0.15, 0.2) is 0 Å². The standard InChI is InChI=1S/C18H19N5O4S/c24-17(15-12-21-18-19-5-6-22(18)13-15)20-11-14-1-3-16(4-2-14)28(25,26)23-7-9-27-10-8-23/h1-6,12-13H,7-11H2,(H,20,24). The summed E-state index contributed by atoms with van der Waals surface area (Å²) in [5, 5.41) is 2.80. The van der Waals surface area contributed by atoms with E-state index in [0.29, 0.717) is 37.6 Å². The molecule has 1 aliphatic heterocycles. The molecule has 0 saturated carbocycles. The van der Waals surface area contributed by atoms with Crippen LogP contribution in [0.5, 0.6) is 0 Å². The lowest BCUT2D eigenvalue weighted by molar-refractivity contribution is 0.0730. The Hall–Kier alpha value is -2.82. The summed E-state index contributed by atoms with van der Waals surface area (Å²) in [6, 6.07) is 6.52. The summed E-state index contributed by atoms with van der Waals surface area (Å²) in [6.45, 7) is 1.80. The van der Waals surface area contributed by atoms with Crippen molar-refractivity contribution in [3.63, 3.8) is 0 Å². The Morgan fingerprint density at radius 1 is 1.14 bits per heavy atom. The third-order valence-electron chi connectivity index (χ3n) is 4.49. The van der Waals surface area contributed by atoms with Gasteiger partial charge in [0.2, 0.25) is 15.8 Å². The summed E-state index contributed by atoms with van der Waals surface area (Å²) in [6.07, 6.45) is 6.45. The quantitative estimate of drug-likeness (QED) is 0.674. The molecule has 4 rings (SSSR count). The van der Waals surface area contributed by atoms with Gasteiger partial charge in [-0.05, 0) is 17.7 Å². The maximum Gasteiger partial charge on any atom is 0.254 e. The number of hydrogen-bond donors (Lipinski definition) is 1. The lowest BCUT2D eigenvalue weighted by Crippen LogP contribution is -2.40. The van der Waals surface area contributed by atoms with E-state index in [4.69, 9.17) is 4.74 Å². The van der Waals surface area contributed by atoms with E-state index < -0.39 is 10.0 Å². The largest absolute Gasteiger partial charge is 0.379 e. The molecule has 10 heteroatoms. The first-order valence-corrected chi connectivity index (χ1v) is 10.2. The number of fused-ring (bicyclic) bond motifs is 1. The van der Waals surface area contributed by atoms with E-state index in [-0.39, 0.29) is 17.3 Å². The molecule has 1 fully saturated rings. The molecule has 1 aliphatic rings. The number of amides is 1. The van der Waals surface area contributed by atoms with Gasteiger partial charge in [0.05, 0.1) is 23.7 Å². The second-order valence-electron chi connectivity index (χ2n) is 6.32. The number of carbonyl (C=O) groups is 1. The first kappa shape index (κ1) is 18.5. The topological polar surface area (TPSA) is 106 Å². The van der Waals surface area contributed by atoms with Crippen molar-refractivity contribution < 1.29 is 17.9 Å². The van der Waals surface area contributed by atoms with Crippen LogP contribution in [0.4, 0.5) is 0 Å². The van der Waals surface area contributed by atoms with Gasteiger partial charge >= 0.3 is 0 Å². The van der Waals surface area contributed by atoms with E-state index in [2.05, 4.69) is 15.3 Å². The number of nitrogens with one attached hydrogen (secondary N) is 1. The van der Waals surface area contributed by atoms with E-state index in [9.17, 15) is 13.2 Å². The van der Waals surface area contributed by atoms with Crippen molar-refractivity contribution in [2.24, 2.45) is 0 Å². The second-order valence-corrected chi connectivity index (χ2v) is 8.26. The normalized spacial score (nSPS) is 15.6. The van der Waals surface area contributed by atoms with Gasteiger partial charge in [-0.3, -0.25) is 9.20 Å². The van der Waals surface area contributed by atoms with E-state index in [1.807, 2.05) is 0 Å². The number of rotatable bonds is 5. The molecule has 1 amide bonds. The Bertz CT molecular complexity index is 1090.